The third-order valence-corrected chi connectivity index (χ3v) is 8.14. The minimum Gasteiger partial charge on any atom is -0.329 e. The fourth-order valence-electron chi connectivity index (χ4n) is 4.19. The number of rotatable bonds is 2. The Morgan fingerprint density at radius 3 is 2.44 bits per heavy atom. The zero-order valence-electron chi connectivity index (χ0n) is 12.6. The highest BCUT2D eigenvalue weighted by molar-refractivity contribution is 6.82. The highest BCUT2D eigenvalue weighted by Gasteiger charge is 2.42. The van der Waals surface area contributed by atoms with Crippen molar-refractivity contribution in [1.82, 2.24) is 4.98 Å². The van der Waals surface area contributed by atoms with Crippen LogP contribution in [0.4, 0.5) is 0 Å². The van der Waals surface area contributed by atoms with Gasteiger partial charge in [-0.3, -0.25) is 0 Å². The summed E-state index contributed by atoms with van der Waals surface area (Å²) >= 11 is 0. The SMILES string of the molecule is CC(C)(C)N[Si](C)(C)C1=CC2=C(C1)CC1CC2C1. The molecule has 1 N–H and O–H groups in total. The molecule has 0 aromatic rings. The van der Waals surface area contributed by atoms with Gasteiger partial charge in [-0.15, -0.1) is 0 Å². The summed E-state index contributed by atoms with van der Waals surface area (Å²) in [6.45, 7) is 11.8. The Bertz CT molecular complexity index is 431. The van der Waals surface area contributed by atoms with Gasteiger partial charge in [0.15, 0.2) is 0 Å². The van der Waals surface area contributed by atoms with E-state index >= 15 is 0 Å². The average molecular weight is 261 g/mol. The van der Waals surface area contributed by atoms with E-state index in [2.05, 4.69) is 44.9 Å². The van der Waals surface area contributed by atoms with E-state index in [-0.39, 0.29) is 5.54 Å². The summed E-state index contributed by atoms with van der Waals surface area (Å²) < 4.78 is 0. The Morgan fingerprint density at radius 2 is 1.89 bits per heavy atom. The van der Waals surface area contributed by atoms with Crippen molar-refractivity contribution in [3.63, 3.8) is 0 Å². The largest absolute Gasteiger partial charge is 0.329 e. The van der Waals surface area contributed by atoms with E-state index in [4.69, 9.17) is 0 Å². The molecule has 2 bridgehead atoms. The molecule has 0 spiro atoms. The monoisotopic (exact) mass is 261 g/mol. The van der Waals surface area contributed by atoms with Crippen molar-refractivity contribution in [1.29, 1.82) is 0 Å². The van der Waals surface area contributed by atoms with E-state index < -0.39 is 8.24 Å². The van der Waals surface area contributed by atoms with E-state index in [1.54, 1.807) is 16.3 Å². The molecule has 0 amide bonds. The lowest BCUT2D eigenvalue weighted by molar-refractivity contribution is 0.207. The van der Waals surface area contributed by atoms with Gasteiger partial charge in [0.05, 0.1) is 0 Å². The summed E-state index contributed by atoms with van der Waals surface area (Å²) in [4.78, 5) is 3.92. The normalized spacial score (nSPS) is 31.1. The molecule has 0 saturated heterocycles. The van der Waals surface area contributed by atoms with E-state index in [1.165, 1.54) is 25.7 Å². The molecule has 0 radical (unpaired) electrons. The Morgan fingerprint density at radius 1 is 1.22 bits per heavy atom. The first-order valence-corrected chi connectivity index (χ1v) is 10.5. The summed E-state index contributed by atoms with van der Waals surface area (Å²) in [5.41, 5.74) is 3.79. The second kappa shape index (κ2) is 3.83. The van der Waals surface area contributed by atoms with Gasteiger partial charge in [-0.25, -0.2) is 0 Å². The molecule has 2 heteroatoms. The molecule has 0 unspecified atom stereocenters. The van der Waals surface area contributed by atoms with Crippen LogP contribution in [0, 0.1) is 11.8 Å². The van der Waals surface area contributed by atoms with E-state index in [9.17, 15) is 0 Å². The van der Waals surface area contributed by atoms with Crippen LogP contribution in [0.15, 0.2) is 22.4 Å². The fraction of sp³-hybridized carbons (Fsp3) is 0.750. The molecule has 0 aromatic heterocycles. The fourth-order valence-corrected chi connectivity index (χ4v) is 7.40. The molecular formula is C16H27NSi. The molecule has 0 aliphatic heterocycles. The van der Waals surface area contributed by atoms with Crippen molar-refractivity contribution < 1.29 is 0 Å². The van der Waals surface area contributed by atoms with Crippen LogP contribution in [0.5, 0.6) is 0 Å². The van der Waals surface area contributed by atoms with Gasteiger partial charge in [0.25, 0.3) is 0 Å². The number of allylic oxidation sites excluding steroid dienone is 4. The molecular weight excluding hydrogens is 234 g/mol. The van der Waals surface area contributed by atoms with Gasteiger partial charge >= 0.3 is 0 Å². The first-order valence-electron chi connectivity index (χ1n) is 7.47. The van der Waals surface area contributed by atoms with Gasteiger partial charge in [-0.1, -0.05) is 29.9 Å². The molecule has 1 nitrogen and oxygen atoms in total. The second-order valence-electron chi connectivity index (χ2n) is 8.14. The van der Waals surface area contributed by atoms with Gasteiger partial charge in [-0.05, 0) is 63.9 Å². The number of hydrogen-bond acceptors (Lipinski definition) is 1. The Balaban J connectivity index is 1.78. The molecule has 1 fully saturated rings. The predicted octanol–water partition coefficient (Wildman–Crippen LogP) is 4.18. The standard InChI is InChI=1S/C16H27NSi/c1-16(2,3)17-18(4,5)14-9-13-8-11-6-12(7-11)15(13)10-14/h10-12,17H,6-9H2,1-5H3. The quantitative estimate of drug-likeness (QED) is 0.736. The minimum absolute atomic E-state index is 0.238. The average Bonchev–Trinajstić information content (AvgIpc) is 2.55. The van der Waals surface area contributed by atoms with Crippen LogP contribution in [-0.4, -0.2) is 13.8 Å². The zero-order chi connectivity index (χ0) is 13.1. The molecule has 0 heterocycles. The van der Waals surface area contributed by atoms with Crippen LogP contribution in [0.3, 0.4) is 0 Å². The second-order valence-corrected chi connectivity index (χ2v) is 12.3. The number of nitrogens with one attached hydrogen (secondary N) is 1. The third-order valence-electron chi connectivity index (χ3n) is 4.84. The molecule has 1 saturated carbocycles. The minimum atomic E-state index is -1.44. The molecule has 4 aliphatic carbocycles. The maximum atomic E-state index is 3.92. The van der Waals surface area contributed by atoms with Crippen molar-refractivity contribution in [2.45, 2.75) is 65.1 Å². The molecule has 100 valence electrons. The molecule has 18 heavy (non-hydrogen) atoms. The maximum absolute atomic E-state index is 3.92. The zero-order valence-corrected chi connectivity index (χ0v) is 13.6. The van der Waals surface area contributed by atoms with E-state index in [1.807, 2.05) is 0 Å². The highest BCUT2D eigenvalue weighted by Crippen LogP contribution is 2.53. The Hall–Kier alpha value is -0.343. The lowest BCUT2D eigenvalue weighted by Crippen LogP contribution is -2.55. The van der Waals surface area contributed by atoms with Gasteiger partial charge in [-0.2, -0.15) is 0 Å². The van der Waals surface area contributed by atoms with Crippen molar-refractivity contribution >= 4 is 8.24 Å². The van der Waals surface area contributed by atoms with Gasteiger partial charge in [0, 0.05) is 5.54 Å². The van der Waals surface area contributed by atoms with Gasteiger partial charge in [0.1, 0.15) is 8.24 Å². The molecule has 0 atom stereocenters. The topological polar surface area (TPSA) is 12.0 Å². The van der Waals surface area contributed by atoms with Gasteiger partial charge in [0.2, 0.25) is 0 Å². The van der Waals surface area contributed by atoms with Gasteiger partial charge < -0.3 is 4.98 Å². The van der Waals surface area contributed by atoms with Crippen LogP contribution < -0.4 is 4.98 Å². The third kappa shape index (κ3) is 2.14. The lowest BCUT2D eigenvalue weighted by atomic mass is 9.63. The first-order chi connectivity index (χ1) is 8.24. The molecule has 4 aliphatic rings. The van der Waals surface area contributed by atoms with Crippen molar-refractivity contribution in [3.8, 4) is 0 Å². The molecule has 0 aromatic carbocycles. The van der Waals surface area contributed by atoms with Crippen molar-refractivity contribution in [3.05, 3.63) is 22.4 Å². The predicted molar refractivity (Wildman–Crippen MR) is 80.9 cm³/mol. The Labute approximate surface area is 113 Å². The first kappa shape index (κ1) is 12.7. The van der Waals surface area contributed by atoms with Crippen molar-refractivity contribution in [2.75, 3.05) is 0 Å². The van der Waals surface area contributed by atoms with Crippen LogP contribution in [0.25, 0.3) is 0 Å². The van der Waals surface area contributed by atoms with E-state index in [0.717, 1.165) is 11.8 Å². The molecule has 4 rings (SSSR count). The summed E-state index contributed by atoms with van der Waals surface area (Å²) in [6.07, 6.45) is 8.27. The maximum Gasteiger partial charge on any atom is 0.148 e. The van der Waals surface area contributed by atoms with Crippen LogP contribution in [0.1, 0.15) is 46.5 Å². The number of hydrogen-bond donors (Lipinski definition) is 1. The smallest absolute Gasteiger partial charge is 0.148 e. The lowest BCUT2D eigenvalue weighted by Gasteiger charge is -2.42. The summed E-state index contributed by atoms with van der Waals surface area (Å²) in [5.74, 6) is 1.98. The van der Waals surface area contributed by atoms with Crippen LogP contribution in [-0.2, 0) is 0 Å². The van der Waals surface area contributed by atoms with Crippen molar-refractivity contribution in [2.24, 2.45) is 11.8 Å². The highest BCUT2D eigenvalue weighted by atomic mass is 28.3. The van der Waals surface area contributed by atoms with Crippen LogP contribution >= 0.6 is 0 Å². The summed E-state index contributed by atoms with van der Waals surface area (Å²) in [5, 5.41) is 1.75. The van der Waals surface area contributed by atoms with Crippen LogP contribution in [0.2, 0.25) is 13.1 Å². The van der Waals surface area contributed by atoms with E-state index in [0.29, 0.717) is 0 Å². The summed E-state index contributed by atoms with van der Waals surface area (Å²) in [7, 11) is -1.44. The Kier molecular flexibility index (Phi) is 2.70. The summed E-state index contributed by atoms with van der Waals surface area (Å²) in [6, 6.07) is 0.